The van der Waals surface area contributed by atoms with E-state index in [2.05, 4.69) is 10.4 Å². The Labute approximate surface area is 211 Å². The van der Waals surface area contributed by atoms with Gasteiger partial charge in [-0.05, 0) is 56.2 Å². The van der Waals surface area contributed by atoms with Crippen molar-refractivity contribution >= 4 is 39.0 Å². The minimum Gasteiger partial charge on any atom is -0.493 e. The minimum atomic E-state index is -0.662. The Morgan fingerprint density at radius 2 is 1.86 bits per heavy atom. The molecular formula is C26H25N3O6S. The summed E-state index contributed by atoms with van der Waals surface area (Å²) in [4.78, 5) is 39.6. The zero-order valence-corrected chi connectivity index (χ0v) is 21.3. The molecule has 36 heavy (non-hydrogen) atoms. The number of ether oxygens (including phenoxy) is 3. The van der Waals surface area contributed by atoms with Crippen LogP contribution in [0, 0.1) is 13.8 Å². The van der Waals surface area contributed by atoms with Crippen molar-refractivity contribution in [1.29, 1.82) is 0 Å². The van der Waals surface area contributed by atoms with Crippen molar-refractivity contribution in [2.24, 2.45) is 0 Å². The van der Waals surface area contributed by atoms with Gasteiger partial charge in [0, 0.05) is 10.8 Å². The number of rotatable bonds is 7. The monoisotopic (exact) mass is 507 g/mol. The number of hydrogen-bond donors (Lipinski definition) is 1. The van der Waals surface area contributed by atoms with Crippen LogP contribution >= 0.6 is 11.3 Å². The number of benzene rings is 2. The second kappa shape index (κ2) is 10.2. The lowest BCUT2D eigenvalue weighted by Gasteiger charge is -2.13. The summed E-state index contributed by atoms with van der Waals surface area (Å²) >= 11 is 1.12. The zero-order valence-electron chi connectivity index (χ0n) is 20.5. The second-order valence-electron chi connectivity index (χ2n) is 7.90. The number of amides is 1. The van der Waals surface area contributed by atoms with Gasteiger partial charge < -0.3 is 19.5 Å². The normalized spacial score (nSPS) is 10.8. The van der Waals surface area contributed by atoms with E-state index in [1.807, 2.05) is 26.0 Å². The molecule has 2 heterocycles. The summed E-state index contributed by atoms with van der Waals surface area (Å²) in [6.07, 6.45) is 0. The topological polar surface area (TPSA) is 109 Å². The second-order valence-corrected chi connectivity index (χ2v) is 8.78. The van der Waals surface area contributed by atoms with Gasteiger partial charge in [0.1, 0.15) is 5.00 Å². The molecule has 186 valence electrons. The predicted molar refractivity (Wildman–Crippen MR) is 138 cm³/mol. The molecule has 0 aliphatic heterocycles. The molecule has 1 N–H and O–H groups in total. The maximum atomic E-state index is 13.6. The Morgan fingerprint density at radius 1 is 1.08 bits per heavy atom. The molecule has 0 unspecified atom stereocenters. The van der Waals surface area contributed by atoms with E-state index < -0.39 is 17.4 Å². The summed E-state index contributed by atoms with van der Waals surface area (Å²) in [6.45, 7) is 5.72. The van der Waals surface area contributed by atoms with Crippen molar-refractivity contribution < 1.29 is 23.8 Å². The van der Waals surface area contributed by atoms with Crippen LogP contribution in [0.3, 0.4) is 0 Å². The number of aromatic nitrogens is 2. The molecule has 2 aromatic carbocycles. The number of nitrogens with zero attached hydrogens (tertiary/aromatic N) is 2. The van der Waals surface area contributed by atoms with Crippen molar-refractivity contribution in [3.63, 3.8) is 0 Å². The van der Waals surface area contributed by atoms with Crippen LogP contribution in [0.25, 0.3) is 16.5 Å². The summed E-state index contributed by atoms with van der Waals surface area (Å²) in [6, 6.07) is 10.4. The molecule has 0 saturated carbocycles. The quantitative estimate of drug-likeness (QED) is 0.367. The summed E-state index contributed by atoms with van der Waals surface area (Å²) in [5.41, 5.74) is 2.24. The van der Waals surface area contributed by atoms with Gasteiger partial charge in [0.05, 0.1) is 37.5 Å². The van der Waals surface area contributed by atoms with Crippen LogP contribution in [0.5, 0.6) is 11.5 Å². The van der Waals surface area contributed by atoms with Gasteiger partial charge >= 0.3 is 5.97 Å². The molecule has 10 heteroatoms. The first kappa shape index (κ1) is 24.9. The first-order valence-electron chi connectivity index (χ1n) is 11.1. The first-order chi connectivity index (χ1) is 17.3. The molecule has 0 bridgehead atoms. The van der Waals surface area contributed by atoms with Gasteiger partial charge in [-0.3, -0.25) is 9.59 Å². The Bertz CT molecular complexity index is 1540. The van der Waals surface area contributed by atoms with Crippen LogP contribution in [0.1, 0.15) is 38.9 Å². The van der Waals surface area contributed by atoms with Gasteiger partial charge in [-0.15, -0.1) is 11.3 Å². The fraction of sp³-hybridized carbons (Fsp3) is 0.231. The lowest BCUT2D eigenvalue weighted by Crippen LogP contribution is -2.25. The van der Waals surface area contributed by atoms with Crippen molar-refractivity contribution in [3.05, 3.63) is 74.5 Å². The number of anilines is 1. The molecule has 9 nitrogen and oxygen atoms in total. The van der Waals surface area contributed by atoms with Crippen molar-refractivity contribution in [1.82, 2.24) is 9.78 Å². The minimum absolute atomic E-state index is 0.0135. The molecule has 4 aromatic rings. The zero-order chi connectivity index (χ0) is 26.0. The smallest absolute Gasteiger partial charge is 0.359 e. The molecule has 0 aliphatic carbocycles. The van der Waals surface area contributed by atoms with E-state index in [0.29, 0.717) is 16.8 Å². The third kappa shape index (κ3) is 4.42. The summed E-state index contributed by atoms with van der Waals surface area (Å²) < 4.78 is 17.0. The standard InChI is InChI=1S/C26H25N3O6S/c1-6-35-26(32)21-18-13-36-24(27-23(30)17-8-7-9-19(33-4)22(17)34-5)20(18)25(31)29(28-21)16-11-10-14(2)15(3)12-16/h7-13H,6H2,1-5H3,(H,27,30). The SMILES string of the molecule is CCOC(=O)c1nn(-c2ccc(C)c(C)c2)c(=O)c2c(NC(=O)c3cccc(OC)c3OC)scc12. The highest BCUT2D eigenvalue weighted by Crippen LogP contribution is 2.34. The van der Waals surface area contributed by atoms with E-state index in [9.17, 15) is 14.4 Å². The van der Waals surface area contributed by atoms with E-state index in [4.69, 9.17) is 14.2 Å². The van der Waals surface area contributed by atoms with Crippen LogP contribution < -0.4 is 20.3 Å². The Kier molecular flexibility index (Phi) is 7.07. The number of thiophene rings is 1. The number of aryl methyl sites for hydroxylation is 2. The van der Waals surface area contributed by atoms with Crippen LogP contribution in [0.4, 0.5) is 5.00 Å². The third-order valence-corrected chi connectivity index (χ3v) is 6.63. The van der Waals surface area contributed by atoms with E-state index in [-0.39, 0.29) is 34.0 Å². The van der Waals surface area contributed by atoms with Crippen molar-refractivity contribution in [3.8, 4) is 17.2 Å². The maximum absolute atomic E-state index is 13.6. The number of carbonyl (C=O) groups is 2. The van der Waals surface area contributed by atoms with Gasteiger partial charge in [0.25, 0.3) is 11.5 Å². The van der Waals surface area contributed by atoms with Crippen LogP contribution in [0.2, 0.25) is 0 Å². The van der Waals surface area contributed by atoms with E-state index in [1.54, 1.807) is 36.6 Å². The van der Waals surface area contributed by atoms with Crippen molar-refractivity contribution in [2.45, 2.75) is 20.8 Å². The van der Waals surface area contributed by atoms with Crippen LogP contribution in [-0.2, 0) is 4.74 Å². The Morgan fingerprint density at radius 3 is 2.53 bits per heavy atom. The molecule has 0 fully saturated rings. The number of hydrogen-bond acceptors (Lipinski definition) is 8. The molecule has 0 atom stereocenters. The fourth-order valence-electron chi connectivity index (χ4n) is 3.76. The molecule has 0 saturated heterocycles. The molecule has 0 spiro atoms. The fourth-order valence-corrected chi connectivity index (χ4v) is 4.69. The Hall–Kier alpha value is -4.18. The highest BCUT2D eigenvalue weighted by atomic mass is 32.1. The lowest BCUT2D eigenvalue weighted by atomic mass is 10.1. The number of fused-ring (bicyclic) bond motifs is 1. The molecule has 2 aromatic heterocycles. The maximum Gasteiger partial charge on any atom is 0.359 e. The average Bonchev–Trinajstić information content (AvgIpc) is 3.29. The highest BCUT2D eigenvalue weighted by Gasteiger charge is 2.24. The molecule has 1 amide bonds. The van der Waals surface area contributed by atoms with E-state index >= 15 is 0 Å². The summed E-state index contributed by atoms with van der Waals surface area (Å²) in [5, 5.41) is 9.49. The lowest BCUT2D eigenvalue weighted by molar-refractivity contribution is 0.0520. The molecule has 4 rings (SSSR count). The van der Waals surface area contributed by atoms with Crippen molar-refractivity contribution in [2.75, 3.05) is 26.1 Å². The molecular weight excluding hydrogens is 482 g/mol. The van der Waals surface area contributed by atoms with Gasteiger partial charge in [-0.2, -0.15) is 9.78 Å². The molecule has 0 aliphatic rings. The molecule has 0 radical (unpaired) electrons. The first-order valence-corrected chi connectivity index (χ1v) is 12.0. The highest BCUT2D eigenvalue weighted by molar-refractivity contribution is 7.16. The number of esters is 1. The third-order valence-electron chi connectivity index (χ3n) is 5.73. The van der Waals surface area contributed by atoms with Crippen LogP contribution in [0.15, 0.2) is 46.6 Å². The largest absolute Gasteiger partial charge is 0.493 e. The van der Waals surface area contributed by atoms with Gasteiger partial charge in [0.2, 0.25) is 0 Å². The summed E-state index contributed by atoms with van der Waals surface area (Å²) in [5.74, 6) is -0.502. The number of methoxy groups -OCH3 is 2. The van der Waals surface area contributed by atoms with E-state index in [1.165, 1.54) is 14.2 Å². The predicted octanol–water partition coefficient (Wildman–Crippen LogP) is 4.51. The van der Waals surface area contributed by atoms with Gasteiger partial charge in [-0.25, -0.2) is 4.79 Å². The number of carbonyl (C=O) groups excluding carboxylic acids is 2. The van der Waals surface area contributed by atoms with Crippen LogP contribution in [-0.4, -0.2) is 42.5 Å². The van der Waals surface area contributed by atoms with Gasteiger partial charge in [0.15, 0.2) is 17.2 Å². The van der Waals surface area contributed by atoms with Gasteiger partial charge in [-0.1, -0.05) is 12.1 Å². The Balaban J connectivity index is 1.89. The number of nitrogens with one attached hydrogen (secondary N) is 1. The summed E-state index contributed by atoms with van der Waals surface area (Å²) in [7, 11) is 2.92. The number of para-hydroxylation sites is 1. The van der Waals surface area contributed by atoms with E-state index in [0.717, 1.165) is 27.1 Å². The average molecular weight is 508 g/mol.